The van der Waals surface area contributed by atoms with Crippen molar-refractivity contribution in [3.63, 3.8) is 0 Å². The SMILES string of the molecule is CC(=O)N1CCC[C@H](NCc2cccc(F)c2)[C@@H]1Cc1cccc(C)c1. The van der Waals surface area contributed by atoms with Gasteiger partial charge < -0.3 is 10.2 Å². The fourth-order valence-corrected chi connectivity index (χ4v) is 3.91. The highest BCUT2D eigenvalue weighted by molar-refractivity contribution is 5.73. The summed E-state index contributed by atoms with van der Waals surface area (Å²) in [6.07, 6.45) is 2.85. The Hall–Kier alpha value is -2.20. The minimum atomic E-state index is -0.213. The van der Waals surface area contributed by atoms with Crippen LogP contribution in [-0.4, -0.2) is 29.4 Å². The van der Waals surface area contributed by atoms with Crippen LogP contribution in [0.2, 0.25) is 0 Å². The summed E-state index contributed by atoms with van der Waals surface area (Å²) in [5.74, 6) is -0.0884. The van der Waals surface area contributed by atoms with Gasteiger partial charge in [-0.1, -0.05) is 42.0 Å². The van der Waals surface area contributed by atoms with Gasteiger partial charge in [-0.3, -0.25) is 4.79 Å². The van der Waals surface area contributed by atoms with Crippen molar-refractivity contribution in [1.29, 1.82) is 0 Å². The van der Waals surface area contributed by atoms with Crippen LogP contribution >= 0.6 is 0 Å². The second-order valence-corrected chi connectivity index (χ2v) is 7.23. The number of benzene rings is 2. The first kappa shape index (κ1) is 18.6. The monoisotopic (exact) mass is 354 g/mol. The summed E-state index contributed by atoms with van der Waals surface area (Å²) >= 11 is 0. The molecule has 138 valence electrons. The van der Waals surface area contributed by atoms with E-state index >= 15 is 0 Å². The molecule has 0 spiro atoms. The summed E-state index contributed by atoms with van der Waals surface area (Å²) in [5.41, 5.74) is 3.41. The quantitative estimate of drug-likeness (QED) is 0.885. The molecule has 0 bridgehead atoms. The maximum Gasteiger partial charge on any atom is 0.219 e. The molecule has 0 saturated carbocycles. The van der Waals surface area contributed by atoms with Crippen molar-refractivity contribution in [2.75, 3.05) is 6.54 Å². The van der Waals surface area contributed by atoms with Gasteiger partial charge in [0.1, 0.15) is 5.82 Å². The second-order valence-electron chi connectivity index (χ2n) is 7.23. The number of hydrogen-bond acceptors (Lipinski definition) is 2. The van der Waals surface area contributed by atoms with E-state index in [-0.39, 0.29) is 23.8 Å². The molecule has 1 aliphatic heterocycles. The minimum Gasteiger partial charge on any atom is -0.338 e. The van der Waals surface area contributed by atoms with Crippen LogP contribution in [0.1, 0.15) is 36.5 Å². The molecule has 1 fully saturated rings. The fraction of sp³-hybridized carbons (Fsp3) is 0.409. The largest absolute Gasteiger partial charge is 0.338 e. The highest BCUT2D eigenvalue weighted by atomic mass is 19.1. The van der Waals surface area contributed by atoms with Crippen LogP contribution in [0.15, 0.2) is 48.5 Å². The van der Waals surface area contributed by atoms with E-state index in [1.807, 2.05) is 11.0 Å². The summed E-state index contributed by atoms with van der Waals surface area (Å²) in [7, 11) is 0. The topological polar surface area (TPSA) is 32.3 Å². The maximum absolute atomic E-state index is 13.4. The third-order valence-electron chi connectivity index (χ3n) is 5.17. The highest BCUT2D eigenvalue weighted by Crippen LogP contribution is 2.23. The van der Waals surface area contributed by atoms with Crippen molar-refractivity contribution in [3.05, 3.63) is 71.0 Å². The summed E-state index contributed by atoms with van der Waals surface area (Å²) in [5, 5.41) is 3.57. The Kier molecular flexibility index (Phi) is 6.04. The average Bonchev–Trinajstić information content (AvgIpc) is 2.60. The van der Waals surface area contributed by atoms with Gasteiger partial charge in [-0.2, -0.15) is 0 Å². The number of likely N-dealkylation sites (tertiary alicyclic amines) is 1. The molecule has 0 radical (unpaired) electrons. The van der Waals surface area contributed by atoms with Crippen LogP contribution in [0, 0.1) is 12.7 Å². The molecular weight excluding hydrogens is 327 g/mol. The fourth-order valence-electron chi connectivity index (χ4n) is 3.91. The lowest BCUT2D eigenvalue weighted by Gasteiger charge is -2.41. The molecule has 1 heterocycles. The first-order valence-corrected chi connectivity index (χ1v) is 9.33. The lowest BCUT2D eigenvalue weighted by atomic mass is 9.90. The summed E-state index contributed by atoms with van der Waals surface area (Å²) < 4.78 is 13.4. The molecule has 0 unspecified atom stereocenters. The summed E-state index contributed by atoms with van der Waals surface area (Å²) in [4.78, 5) is 14.2. The van der Waals surface area contributed by atoms with E-state index in [0.717, 1.165) is 31.4 Å². The minimum absolute atomic E-state index is 0.122. The molecule has 3 rings (SSSR count). The van der Waals surface area contributed by atoms with E-state index in [0.29, 0.717) is 6.54 Å². The molecule has 2 aromatic rings. The van der Waals surface area contributed by atoms with Crippen LogP contribution in [0.5, 0.6) is 0 Å². The van der Waals surface area contributed by atoms with Crippen LogP contribution in [-0.2, 0) is 17.8 Å². The molecule has 1 N–H and O–H groups in total. The number of nitrogens with zero attached hydrogens (tertiary/aromatic N) is 1. The van der Waals surface area contributed by atoms with Gasteiger partial charge in [0.15, 0.2) is 0 Å². The van der Waals surface area contributed by atoms with E-state index in [1.165, 1.54) is 17.2 Å². The molecule has 0 aromatic heterocycles. The number of carbonyl (C=O) groups excluding carboxylic acids is 1. The van der Waals surface area contributed by atoms with Crippen molar-refractivity contribution in [3.8, 4) is 0 Å². The molecule has 2 aromatic carbocycles. The van der Waals surface area contributed by atoms with E-state index < -0.39 is 0 Å². The standard InChI is InChI=1S/C22H27FN2O/c1-16-6-3-7-18(12-16)14-22-21(10-5-11-25(22)17(2)26)24-15-19-8-4-9-20(23)13-19/h3-4,6-9,12-13,21-22,24H,5,10-11,14-15H2,1-2H3/t21-,22-/m0/s1. The number of carbonyl (C=O) groups is 1. The Labute approximate surface area is 155 Å². The number of halogens is 1. The van der Waals surface area contributed by atoms with Crippen molar-refractivity contribution in [2.24, 2.45) is 0 Å². The van der Waals surface area contributed by atoms with Crippen molar-refractivity contribution >= 4 is 5.91 Å². The molecule has 0 aliphatic carbocycles. The van der Waals surface area contributed by atoms with Crippen molar-refractivity contribution < 1.29 is 9.18 Å². The van der Waals surface area contributed by atoms with Gasteiger partial charge in [-0.25, -0.2) is 4.39 Å². The highest BCUT2D eigenvalue weighted by Gasteiger charge is 2.32. The van der Waals surface area contributed by atoms with Crippen LogP contribution in [0.3, 0.4) is 0 Å². The van der Waals surface area contributed by atoms with E-state index in [4.69, 9.17) is 0 Å². The number of hydrogen-bond donors (Lipinski definition) is 1. The molecule has 1 aliphatic rings. The third-order valence-corrected chi connectivity index (χ3v) is 5.17. The Morgan fingerprint density at radius 2 is 1.96 bits per heavy atom. The Balaban J connectivity index is 1.75. The smallest absolute Gasteiger partial charge is 0.219 e. The van der Waals surface area contributed by atoms with E-state index in [9.17, 15) is 9.18 Å². The lowest BCUT2D eigenvalue weighted by molar-refractivity contribution is -0.133. The van der Waals surface area contributed by atoms with E-state index in [2.05, 4.69) is 36.5 Å². The summed E-state index contributed by atoms with van der Waals surface area (Å²) in [6, 6.07) is 15.5. The predicted molar refractivity (Wildman–Crippen MR) is 102 cm³/mol. The van der Waals surface area contributed by atoms with Gasteiger partial charge in [0.25, 0.3) is 0 Å². The number of nitrogens with one attached hydrogen (secondary N) is 1. The molecule has 3 nitrogen and oxygen atoms in total. The van der Waals surface area contributed by atoms with Gasteiger partial charge in [0, 0.05) is 26.1 Å². The number of amides is 1. The molecular formula is C22H27FN2O. The first-order chi connectivity index (χ1) is 12.5. The number of piperidine rings is 1. The lowest BCUT2D eigenvalue weighted by Crippen LogP contribution is -2.56. The van der Waals surface area contributed by atoms with Gasteiger partial charge in [-0.15, -0.1) is 0 Å². The molecule has 4 heteroatoms. The zero-order valence-corrected chi connectivity index (χ0v) is 15.5. The van der Waals surface area contributed by atoms with Crippen LogP contribution in [0.25, 0.3) is 0 Å². The number of aryl methyl sites for hydroxylation is 1. The van der Waals surface area contributed by atoms with Gasteiger partial charge in [0.2, 0.25) is 5.91 Å². The maximum atomic E-state index is 13.4. The van der Waals surface area contributed by atoms with Crippen molar-refractivity contribution in [2.45, 2.75) is 51.7 Å². The first-order valence-electron chi connectivity index (χ1n) is 9.33. The average molecular weight is 354 g/mol. The molecule has 26 heavy (non-hydrogen) atoms. The van der Waals surface area contributed by atoms with Gasteiger partial charge in [-0.05, 0) is 49.4 Å². The van der Waals surface area contributed by atoms with Crippen molar-refractivity contribution in [1.82, 2.24) is 10.2 Å². The predicted octanol–water partition coefficient (Wildman–Crippen LogP) is 3.85. The van der Waals surface area contributed by atoms with Gasteiger partial charge in [0.05, 0.1) is 6.04 Å². The van der Waals surface area contributed by atoms with E-state index in [1.54, 1.807) is 19.1 Å². The number of rotatable bonds is 5. The zero-order chi connectivity index (χ0) is 18.5. The molecule has 1 amide bonds. The second kappa shape index (κ2) is 8.45. The normalized spacial score (nSPS) is 20.2. The Morgan fingerprint density at radius 1 is 1.19 bits per heavy atom. The Bertz CT molecular complexity index is 761. The summed E-state index contributed by atoms with van der Waals surface area (Å²) in [6.45, 7) is 5.16. The third kappa shape index (κ3) is 4.70. The van der Waals surface area contributed by atoms with Crippen LogP contribution < -0.4 is 5.32 Å². The van der Waals surface area contributed by atoms with Gasteiger partial charge >= 0.3 is 0 Å². The Morgan fingerprint density at radius 3 is 2.69 bits per heavy atom. The zero-order valence-electron chi connectivity index (χ0n) is 15.5. The molecule has 1 saturated heterocycles. The molecule has 2 atom stereocenters. The van der Waals surface area contributed by atoms with Crippen LogP contribution in [0.4, 0.5) is 4.39 Å².